The van der Waals surface area contributed by atoms with Crippen LogP contribution in [0.15, 0.2) is 43.0 Å². The van der Waals surface area contributed by atoms with Gasteiger partial charge in [-0.2, -0.15) is 23.5 Å². The van der Waals surface area contributed by atoms with Crippen LogP contribution in [0.25, 0.3) is 16.9 Å². The minimum atomic E-state index is -4.75. The number of aliphatic hydroxyl groups is 1. The highest BCUT2D eigenvalue weighted by Crippen LogP contribution is 2.37. The smallest absolute Gasteiger partial charge is 0.390 e. The molecule has 2 atom stereocenters. The van der Waals surface area contributed by atoms with Gasteiger partial charge in [-0.3, -0.25) is 13.9 Å². The van der Waals surface area contributed by atoms with E-state index in [1.54, 1.807) is 41.0 Å². The first-order valence-corrected chi connectivity index (χ1v) is 14.5. The summed E-state index contributed by atoms with van der Waals surface area (Å²) in [4.78, 5) is 37.9. The van der Waals surface area contributed by atoms with Gasteiger partial charge in [0.05, 0.1) is 35.7 Å². The predicted octanol–water partition coefficient (Wildman–Crippen LogP) is 1.99. The summed E-state index contributed by atoms with van der Waals surface area (Å²) in [7, 11) is 0. The van der Waals surface area contributed by atoms with Crippen molar-refractivity contribution in [3.63, 3.8) is 0 Å². The minimum absolute atomic E-state index is 0.125. The molecule has 0 bridgehead atoms. The third-order valence-electron chi connectivity index (χ3n) is 8.03. The molecule has 0 aliphatic carbocycles. The SMILES string of the molecule is Cc1cc(Nc2nccn3c(-c4cn(CC#N)nc4C(F)(F)F)cnc23)ccc1C(=O)N1CCN(C(=O)N[C@@H]2CNC[C@H]2O)CC1. The molecule has 1 aromatic carbocycles. The quantitative estimate of drug-likeness (QED) is 0.247. The van der Waals surface area contributed by atoms with Crippen molar-refractivity contribution < 1.29 is 27.9 Å². The number of aliphatic hydroxyl groups excluding tert-OH is 1. The number of aryl methyl sites for hydroxylation is 1. The molecule has 4 aromatic rings. The maximum absolute atomic E-state index is 13.8. The van der Waals surface area contributed by atoms with Crippen molar-refractivity contribution in [3.8, 4) is 17.3 Å². The van der Waals surface area contributed by atoms with E-state index in [1.807, 2.05) is 0 Å². The number of benzene rings is 1. The maximum atomic E-state index is 13.8. The Hall–Kier alpha value is -5.21. The highest BCUT2D eigenvalue weighted by atomic mass is 19.4. The van der Waals surface area contributed by atoms with Crippen molar-refractivity contribution in [2.45, 2.75) is 31.8 Å². The molecular weight excluding hydrogens is 607 g/mol. The van der Waals surface area contributed by atoms with E-state index in [0.29, 0.717) is 56.1 Å². The second-order valence-electron chi connectivity index (χ2n) is 11.1. The highest BCUT2D eigenvalue weighted by Gasteiger charge is 2.38. The molecule has 3 aromatic heterocycles. The Kier molecular flexibility index (Phi) is 8.23. The van der Waals surface area contributed by atoms with E-state index in [-0.39, 0.29) is 47.2 Å². The third-order valence-corrected chi connectivity index (χ3v) is 8.03. The van der Waals surface area contributed by atoms with Gasteiger partial charge in [0.15, 0.2) is 17.2 Å². The van der Waals surface area contributed by atoms with E-state index < -0.39 is 18.0 Å². The zero-order chi connectivity index (χ0) is 32.6. The van der Waals surface area contributed by atoms with Crippen LogP contribution in [0.3, 0.4) is 0 Å². The van der Waals surface area contributed by atoms with Crippen LogP contribution in [0.4, 0.5) is 29.5 Å². The number of imidazole rings is 1. The first-order valence-electron chi connectivity index (χ1n) is 14.5. The van der Waals surface area contributed by atoms with E-state index in [4.69, 9.17) is 5.26 Å². The monoisotopic (exact) mass is 637 g/mol. The lowest BCUT2D eigenvalue weighted by Gasteiger charge is -2.35. The van der Waals surface area contributed by atoms with E-state index in [2.05, 4.69) is 31.0 Å². The number of nitriles is 1. The lowest BCUT2D eigenvalue weighted by atomic mass is 10.1. The number of carbonyl (C=O) groups excluding carboxylic acids is 2. The fraction of sp³-hybridized carbons (Fsp3) is 0.379. The normalized spacial score (nSPS) is 18.5. The summed E-state index contributed by atoms with van der Waals surface area (Å²) in [5.74, 6) is 0.107. The predicted molar refractivity (Wildman–Crippen MR) is 158 cm³/mol. The summed E-state index contributed by atoms with van der Waals surface area (Å²) >= 11 is 0. The van der Waals surface area contributed by atoms with E-state index in [1.165, 1.54) is 23.0 Å². The average molecular weight is 638 g/mol. The van der Waals surface area contributed by atoms with Crippen molar-refractivity contribution in [3.05, 3.63) is 59.8 Å². The number of urea groups is 1. The standard InChI is InChI=1S/C29H30F3N11O3/c1-17-12-18(2-3-19(17)27(45)40-8-10-41(11-9-40)28(46)38-21-13-34-15-23(21)44)37-25-26-36-14-22(43(26)7-5-35-25)20-16-42(6-4-33)39-24(20)29(30,31)32/h2-3,5,7,12,14,16,21,23,34,44H,6,8-11,13,15H2,1H3,(H,35,37)(H,38,46)/t21-,23-/m1/s1. The van der Waals surface area contributed by atoms with Crippen LogP contribution in [0.5, 0.6) is 0 Å². The van der Waals surface area contributed by atoms with Crippen LogP contribution < -0.4 is 16.0 Å². The van der Waals surface area contributed by atoms with Gasteiger partial charge in [-0.05, 0) is 30.7 Å². The van der Waals surface area contributed by atoms with Gasteiger partial charge in [-0.15, -0.1) is 0 Å². The molecule has 2 aliphatic heterocycles. The second-order valence-corrected chi connectivity index (χ2v) is 11.1. The van der Waals surface area contributed by atoms with Gasteiger partial charge in [0.1, 0.15) is 6.54 Å². The first kappa shape index (κ1) is 30.8. The van der Waals surface area contributed by atoms with E-state index in [0.717, 1.165) is 10.9 Å². The molecule has 4 N–H and O–H groups in total. The zero-order valence-corrected chi connectivity index (χ0v) is 24.6. The van der Waals surface area contributed by atoms with Crippen LogP contribution in [0.2, 0.25) is 0 Å². The number of fused-ring (bicyclic) bond motifs is 1. The third kappa shape index (κ3) is 6.04. The van der Waals surface area contributed by atoms with Crippen LogP contribution >= 0.6 is 0 Å². The van der Waals surface area contributed by atoms with Crippen molar-refractivity contribution in [1.29, 1.82) is 5.26 Å². The maximum Gasteiger partial charge on any atom is 0.435 e. The summed E-state index contributed by atoms with van der Waals surface area (Å²) < 4.78 is 43.7. The van der Waals surface area contributed by atoms with Crippen LogP contribution in [-0.2, 0) is 12.7 Å². The molecule has 17 heteroatoms. The van der Waals surface area contributed by atoms with Crippen LogP contribution in [-0.4, -0.2) is 102 Å². The Balaban J connectivity index is 1.15. The topological polar surface area (TPSA) is 169 Å². The van der Waals surface area contributed by atoms with Gasteiger partial charge in [0.2, 0.25) is 0 Å². The Bertz CT molecular complexity index is 1820. The Labute approximate surface area is 260 Å². The molecule has 240 valence electrons. The average Bonchev–Trinajstić information content (AvgIpc) is 3.76. The number of aromatic nitrogens is 5. The molecule has 6 rings (SSSR count). The number of hydrogen-bond donors (Lipinski definition) is 4. The van der Waals surface area contributed by atoms with E-state index >= 15 is 0 Å². The van der Waals surface area contributed by atoms with Crippen molar-refractivity contribution in [2.24, 2.45) is 0 Å². The van der Waals surface area contributed by atoms with Crippen molar-refractivity contribution in [1.82, 2.24) is 44.6 Å². The second kappa shape index (κ2) is 12.3. The number of β-amino-alcohol motifs (C(OH)–C–C–N with tert-alkyl or cyclic N) is 1. The molecule has 2 fully saturated rings. The van der Waals surface area contributed by atoms with Crippen molar-refractivity contribution >= 4 is 29.1 Å². The number of rotatable bonds is 6. The Morgan fingerprint density at radius 1 is 1.15 bits per heavy atom. The molecule has 0 saturated carbocycles. The number of amides is 3. The minimum Gasteiger partial charge on any atom is -0.390 e. The molecular formula is C29H30F3N11O3. The molecule has 0 unspecified atom stereocenters. The first-order chi connectivity index (χ1) is 22.0. The lowest BCUT2D eigenvalue weighted by molar-refractivity contribution is -0.141. The van der Waals surface area contributed by atoms with Crippen molar-refractivity contribution in [2.75, 3.05) is 44.6 Å². The number of nitrogens with one attached hydrogen (secondary N) is 3. The number of carbonyl (C=O) groups is 2. The van der Waals surface area contributed by atoms with Gasteiger partial charge in [0.25, 0.3) is 5.91 Å². The molecule has 2 aliphatic rings. The molecule has 14 nitrogen and oxygen atoms in total. The van der Waals surface area contributed by atoms with Crippen LogP contribution in [0, 0.1) is 18.3 Å². The van der Waals surface area contributed by atoms with Gasteiger partial charge >= 0.3 is 12.2 Å². The van der Waals surface area contributed by atoms with E-state index in [9.17, 15) is 27.9 Å². The van der Waals surface area contributed by atoms with Gasteiger partial charge in [-0.25, -0.2) is 14.8 Å². The number of halogens is 3. The largest absolute Gasteiger partial charge is 0.435 e. The fourth-order valence-corrected chi connectivity index (χ4v) is 5.64. The number of nitrogens with zero attached hydrogens (tertiary/aromatic N) is 8. The molecule has 2 saturated heterocycles. The Morgan fingerprint density at radius 3 is 2.59 bits per heavy atom. The van der Waals surface area contributed by atoms with Gasteiger partial charge < -0.3 is 30.9 Å². The summed E-state index contributed by atoms with van der Waals surface area (Å²) in [5.41, 5.74) is 0.801. The van der Waals surface area contributed by atoms with Crippen LogP contribution in [0.1, 0.15) is 21.6 Å². The van der Waals surface area contributed by atoms with Gasteiger partial charge in [0, 0.05) is 69.1 Å². The molecule has 3 amide bonds. The number of anilines is 2. The molecule has 0 spiro atoms. The highest BCUT2D eigenvalue weighted by molar-refractivity contribution is 5.96. The Morgan fingerprint density at radius 2 is 1.91 bits per heavy atom. The fourth-order valence-electron chi connectivity index (χ4n) is 5.64. The summed E-state index contributed by atoms with van der Waals surface area (Å²) in [6.45, 7) is 3.82. The van der Waals surface area contributed by atoms with Gasteiger partial charge in [-0.1, -0.05) is 0 Å². The molecule has 5 heterocycles. The molecule has 46 heavy (non-hydrogen) atoms. The number of alkyl halides is 3. The number of piperazine rings is 1. The summed E-state index contributed by atoms with van der Waals surface area (Å²) in [5, 5.41) is 31.4. The summed E-state index contributed by atoms with van der Waals surface area (Å²) in [6.07, 6.45) is -0.0229. The number of hydrogen-bond acceptors (Lipinski definition) is 9. The molecule has 0 radical (unpaired) electrons. The zero-order valence-electron chi connectivity index (χ0n) is 24.6. The summed E-state index contributed by atoms with van der Waals surface area (Å²) in [6, 6.07) is 6.33. The lowest BCUT2D eigenvalue weighted by Crippen LogP contribution is -2.56.